The van der Waals surface area contributed by atoms with Crippen molar-refractivity contribution in [3.63, 3.8) is 0 Å². The summed E-state index contributed by atoms with van der Waals surface area (Å²) in [7, 11) is 3.27. The molecule has 0 saturated heterocycles. The predicted molar refractivity (Wildman–Crippen MR) is 86.2 cm³/mol. The van der Waals surface area contributed by atoms with Gasteiger partial charge in [-0.15, -0.1) is 0 Å². The number of hydrogen-bond donors (Lipinski definition) is 1. The van der Waals surface area contributed by atoms with Gasteiger partial charge >= 0.3 is 0 Å². The molecule has 1 unspecified atom stereocenters. The Balaban J connectivity index is 1.97. The first-order valence-corrected chi connectivity index (χ1v) is 7.23. The molecule has 0 saturated carbocycles. The van der Waals surface area contributed by atoms with Crippen LogP contribution in [0, 0.1) is 0 Å². The van der Waals surface area contributed by atoms with Gasteiger partial charge in [-0.25, -0.2) is 0 Å². The van der Waals surface area contributed by atoms with E-state index in [9.17, 15) is 0 Å². The van der Waals surface area contributed by atoms with Gasteiger partial charge in [-0.2, -0.15) is 0 Å². The van der Waals surface area contributed by atoms with E-state index in [4.69, 9.17) is 26.8 Å². The Morgan fingerprint density at radius 2 is 1.76 bits per heavy atom. The van der Waals surface area contributed by atoms with Gasteiger partial charge in [-0.1, -0.05) is 29.8 Å². The number of nitrogens with two attached hydrogens (primary N) is 1. The standard InChI is InChI=1S/C17H20ClNO2/c1-20-14-7-3-12(4-8-14)5-9-16(19)13-6-10-17(21-2)15(18)11-13/h3-4,6-8,10-11,16H,5,9,19H2,1-2H3. The molecule has 0 fully saturated rings. The van der Waals surface area contributed by atoms with Gasteiger partial charge in [-0.05, 0) is 48.2 Å². The van der Waals surface area contributed by atoms with Gasteiger partial charge in [0.15, 0.2) is 0 Å². The molecule has 2 aromatic rings. The minimum Gasteiger partial charge on any atom is -0.497 e. The fraction of sp³-hybridized carbons (Fsp3) is 0.294. The van der Waals surface area contributed by atoms with E-state index in [1.54, 1.807) is 14.2 Å². The van der Waals surface area contributed by atoms with Crippen LogP contribution in [-0.2, 0) is 6.42 Å². The van der Waals surface area contributed by atoms with Crippen LogP contribution in [0.3, 0.4) is 0 Å². The molecule has 0 bridgehead atoms. The summed E-state index contributed by atoms with van der Waals surface area (Å²) in [6, 6.07) is 13.7. The summed E-state index contributed by atoms with van der Waals surface area (Å²) in [5.74, 6) is 1.53. The van der Waals surface area contributed by atoms with E-state index in [-0.39, 0.29) is 6.04 Å². The van der Waals surface area contributed by atoms with E-state index in [0.29, 0.717) is 10.8 Å². The van der Waals surface area contributed by atoms with Crippen molar-refractivity contribution in [2.75, 3.05) is 14.2 Å². The summed E-state index contributed by atoms with van der Waals surface area (Å²) in [6.45, 7) is 0. The van der Waals surface area contributed by atoms with Gasteiger partial charge in [0.25, 0.3) is 0 Å². The summed E-state index contributed by atoms with van der Waals surface area (Å²) in [6.07, 6.45) is 1.77. The SMILES string of the molecule is COc1ccc(CCC(N)c2ccc(OC)c(Cl)c2)cc1. The third-order valence-electron chi connectivity index (χ3n) is 3.51. The number of rotatable bonds is 6. The monoisotopic (exact) mass is 305 g/mol. The van der Waals surface area contributed by atoms with Gasteiger partial charge in [-0.3, -0.25) is 0 Å². The second-order valence-electron chi connectivity index (χ2n) is 4.89. The zero-order valence-corrected chi connectivity index (χ0v) is 13.1. The Morgan fingerprint density at radius 3 is 2.33 bits per heavy atom. The van der Waals surface area contributed by atoms with Crippen LogP contribution < -0.4 is 15.2 Å². The lowest BCUT2D eigenvalue weighted by atomic mass is 9.99. The smallest absolute Gasteiger partial charge is 0.137 e. The van der Waals surface area contributed by atoms with Crippen LogP contribution in [0.2, 0.25) is 5.02 Å². The fourth-order valence-corrected chi connectivity index (χ4v) is 2.46. The van der Waals surface area contributed by atoms with Crippen LogP contribution >= 0.6 is 11.6 Å². The van der Waals surface area contributed by atoms with E-state index in [0.717, 1.165) is 24.2 Å². The highest BCUT2D eigenvalue weighted by Gasteiger charge is 2.09. The zero-order valence-electron chi connectivity index (χ0n) is 12.3. The molecule has 4 heteroatoms. The molecule has 0 radical (unpaired) electrons. The number of methoxy groups -OCH3 is 2. The second-order valence-corrected chi connectivity index (χ2v) is 5.29. The maximum Gasteiger partial charge on any atom is 0.137 e. The summed E-state index contributed by atoms with van der Waals surface area (Å²) in [5, 5.41) is 0.592. The largest absolute Gasteiger partial charge is 0.497 e. The van der Waals surface area contributed by atoms with Gasteiger partial charge in [0.05, 0.1) is 19.2 Å². The van der Waals surface area contributed by atoms with Crippen molar-refractivity contribution in [3.05, 3.63) is 58.6 Å². The number of halogens is 1. The first-order valence-electron chi connectivity index (χ1n) is 6.86. The molecule has 1 atom stereocenters. The molecular weight excluding hydrogens is 286 g/mol. The highest BCUT2D eigenvalue weighted by Crippen LogP contribution is 2.28. The minimum atomic E-state index is -0.0458. The Bertz CT molecular complexity index is 584. The summed E-state index contributed by atoms with van der Waals surface area (Å²) in [4.78, 5) is 0. The van der Waals surface area contributed by atoms with Crippen LogP contribution in [0.15, 0.2) is 42.5 Å². The van der Waals surface area contributed by atoms with Crippen LogP contribution in [0.5, 0.6) is 11.5 Å². The third kappa shape index (κ3) is 4.13. The van der Waals surface area contributed by atoms with Crippen molar-refractivity contribution in [1.82, 2.24) is 0 Å². The first-order chi connectivity index (χ1) is 10.1. The maximum atomic E-state index is 6.24. The molecule has 112 valence electrons. The molecule has 0 heterocycles. The maximum absolute atomic E-state index is 6.24. The van der Waals surface area contributed by atoms with Crippen LogP contribution in [-0.4, -0.2) is 14.2 Å². The number of benzene rings is 2. The molecular formula is C17H20ClNO2. The van der Waals surface area contributed by atoms with E-state index in [1.165, 1.54) is 5.56 Å². The van der Waals surface area contributed by atoms with Gasteiger partial charge in [0.1, 0.15) is 11.5 Å². The number of ether oxygens (including phenoxy) is 2. The molecule has 2 aromatic carbocycles. The van der Waals surface area contributed by atoms with E-state index >= 15 is 0 Å². The van der Waals surface area contributed by atoms with Crippen LogP contribution in [0.4, 0.5) is 0 Å². The van der Waals surface area contributed by atoms with Crippen molar-refractivity contribution in [2.24, 2.45) is 5.73 Å². The van der Waals surface area contributed by atoms with Crippen molar-refractivity contribution >= 4 is 11.6 Å². The molecule has 3 nitrogen and oxygen atoms in total. The molecule has 0 spiro atoms. The van der Waals surface area contributed by atoms with Gasteiger partial charge < -0.3 is 15.2 Å². The Hall–Kier alpha value is -1.71. The Morgan fingerprint density at radius 1 is 1.05 bits per heavy atom. The minimum absolute atomic E-state index is 0.0458. The lowest BCUT2D eigenvalue weighted by Gasteiger charge is -2.14. The summed E-state index contributed by atoms with van der Waals surface area (Å²) in [5.41, 5.74) is 8.50. The summed E-state index contributed by atoms with van der Waals surface area (Å²) < 4.78 is 10.3. The zero-order chi connectivity index (χ0) is 15.2. The quantitative estimate of drug-likeness (QED) is 0.877. The van der Waals surface area contributed by atoms with Gasteiger partial charge in [0.2, 0.25) is 0 Å². The van der Waals surface area contributed by atoms with Crippen molar-refractivity contribution < 1.29 is 9.47 Å². The number of hydrogen-bond acceptors (Lipinski definition) is 3. The average molecular weight is 306 g/mol. The topological polar surface area (TPSA) is 44.5 Å². The molecule has 0 amide bonds. The highest BCUT2D eigenvalue weighted by molar-refractivity contribution is 6.32. The normalized spacial score (nSPS) is 12.0. The highest BCUT2D eigenvalue weighted by atomic mass is 35.5. The van der Waals surface area contributed by atoms with Crippen LogP contribution in [0.1, 0.15) is 23.6 Å². The summed E-state index contributed by atoms with van der Waals surface area (Å²) >= 11 is 6.13. The Labute approximate surface area is 130 Å². The van der Waals surface area contributed by atoms with Crippen molar-refractivity contribution in [1.29, 1.82) is 0 Å². The van der Waals surface area contributed by atoms with E-state index in [1.807, 2.05) is 30.3 Å². The molecule has 21 heavy (non-hydrogen) atoms. The van der Waals surface area contributed by atoms with E-state index < -0.39 is 0 Å². The molecule has 0 aliphatic heterocycles. The molecule has 0 aromatic heterocycles. The Kier molecular flexibility index (Phi) is 5.48. The third-order valence-corrected chi connectivity index (χ3v) is 3.80. The number of aryl methyl sites for hydroxylation is 1. The van der Waals surface area contributed by atoms with Crippen LogP contribution in [0.25, 0.3) is 0 Å². The lowest BCUT2D eigenvalue weighted by molar-refractivity contribution is 0.414. The molecule has 2 rings (SSSR count). The van der Waals surface area contributed by atoms with Crippen molar-refractivity contribution in [3.8, 4) is 11.5 Å². The van der Waals surface area contributed by atoms with Crippen molar-refractivity contribution in [2.45, 2.75) is 18.9 Å². The molecule has 0 aliphatic rings. The second kappa shape index (κ2) is 7.34. The molecule has 0 aliphatic carbocycles. The lowest BCUT2D eigenvalue weighted by Crippen LogP contribution is -2.11. The van der Waals surface area contributed by atoms with Gasteiger partial charge in [0, 0.05) is 6.04 Å². The fourth-order valence-electron chi connectivity index (χ4n) is 2.19. The predicted octanol–water partition coefficient (Wildman–Crippen LogP) is 3.99. The first kappa shape index (κ1) is 15.7. The molecule has 2 N–H and O–H groups in total. The van der Waals surface area contributed by atoms with E-state index in [2.05, 4.69) is 12.1 Å². The average Bonchev–Trinajstić information content (AvgIpc) is 2.53.